The molecule has 2 aromatic rings. The van der Waals surface area contributed by atoms with Gasteiger partial charge in [0.25, 0.3) is 5.91 Å². The number of benzene rings is 1. The minimum atomic E-state index is -0.0823. The first-order valence-corrected chi connectivity index (χ1v) is 7.88. The molecule has 1 unspecified atom stereocenters. The summed E-state index contributed by atoms with van der Waals surface area (Å²) in [5.41, 5.74) is 1.37. The number of amides is 1. The highest BCUT2D eigenvalue weighted by Gasteiger charge is 2.33. The van der Waals surface area contributed by atoms with Gasteiger partial charge in [-0.05, 0) is 42.6 Å². The van der Waals surface area contributed by atoms with Crippen LogP contribution in [-0.4, -0.2) is 41.2 Å². The Morgan fingerprint density at radius 2 is 2.23 bits per heavy atom. The van der Waals surface area contributed by atoms with Crippen molar-refractivity contribution in [2.75, 3.05) is 20.8 Å². The van der Waals surface area contributed by atoms with Crippen molar-refractivity contribution in [2.45, 2.75) is 18.9 Å². The van der Waals surface area contributed by atoms with Gasteiger partial charge >= 0.3 is 0 Å². The van der Waals surface area contributed by atoms with Gasteiger partial charge in [-0.3, -0.25) is 4.79 Å². The summed E-state index contributed by atoms with van der Waals surface area (Å²) in [6.07, 6.45) is 1.85. The number of ether oxygens (including phenoxy) is 2. The van der Waals surface area contributed by atoms with Gasteiger partial charge in [0.05, 0.1) is 20.3 Å². The maximum atomic E-state index is 12.6. The van der Waals surface area contributed by atoms with Gasteiger partial charge in [-0.25, -0.2) is 0 Å². The Morgan fingerprint density at radius 1 is 1.36 bits per heavy atom. The lowest BCUT2D eigenvalue weighted by Crippen LogP contribution is -2.31. The summed E-state index contributed by atoms with van der Waals surface area (Å²) in [6.45, 7) is 0.710. The minimum absolute atomic E-state index is 0.0285. The molecular formula is C15H17N3O3S. The number of likely N-dealkylation sites (tertiary alicyclic amines) is 1. The van der Waals surface area contributed by atoms with E-state index in [2.05, 4.69) is 9.59 Å². The number of aromatic nitrogens is 2. The second-order valence-corrected chi connectivity index (χ2v) is 5.66. The second-order valence-electron chi connectivity index (χ2n) is 5.05. The Kier molecular flexibility index (Phi) is 4.24. The molecule has 6 nitrogen and oxygen atoms in total. The van der Waals surface area contributed by atoms with E-state index in [0.29, 0.717) is 12.2 Å². The molecule has 1 aromatic heterocycles. The number of nitrogens with zero attached hydrogens (tertiary/aromatic N) is 3. The molecule has 1 fully saturated rings. The number of hydrogen-bond acceptors (Lipinski definition) is 6. The molecule has 3 rings (SSSR count). The van der Waals surface area contributed by atoms with Crippen LogP contribution in [0.3, 0.4) is 0 Å². The van der Waals surface area contributed by atoms with Crippen molar-refractivity contribution in [1.29, 1.82) is 0 Å². The van der Waals surface area contributed by atoms with Gasteiger partial charge in [0.1, 0.15) is 11.5 Å². The zero-order chi connectivity index (χ0) is 15.5. The van der Waals surface area contributed by atoms with E-state index in [0.717, 1.165) is 29.9 Å². The first kappa shape index (κ1) is 14.8. The molecule has 0 N–H and O–H groups in total. The van der Waals surface area contributed by atoms with Crippen molar-refractivity contribution in [1.82, 2.24) is 14.5 Å². The molecule has 0 aliphatic carbocycles. The van der Waals surface area contributed by atoms with Crippen LogP contribution in [0.15, 0.2) is 23.6 Å². The Hall–Kier alpha value is -2.15. The van der Waals surface area contributed by atoms with Gasteiger partial charge in [-0.2, -0.15) is 0 Å². The van der Waals surface area contributed by atoms with E-state index in [1.54, 1.807) is 19.6 Å². The van der Waals surface area contributed by atoms with Crippen LogP contribution in [-0.2, 0) is 0 Å². The zero-order valence-electron chi connectivity index (χ0n) is 12.5. The van der Waals surface area contributed by atoms with Crippen molar-refractivity contribution in [3.63, 3.8) is 0 Å². The maximum absolute atomic E-state index is 12.6. The van der Waals surface area contributed by atoms with E-state index < -0.39 is 0 Å². The molecule has 1 atom stereocenters. The number of carbonyl (C=O) groups excluding carboxylic acids is 1. The summed E-state index contributed by atoms with van der Waals surface area (Å²) >= 11 is 1.18. The van der Waals surface area contributed by atoms with Crippen molar-refractivity contribution < 1.29 is 14.3 Å². The van der Waals surface area contributed by atoms with Crippen LogP contribution in [0.4, 0.5) is 0 Å². The molecule has 0 spiro atoms. The van der Waals surface area contributed by atoms with E-state index in [9.17, 15) is 4.79 Å². The van der Waals surface area contributed by atoms with Crippen molar-refractivity contribution in [3.05, 3.63) is 34.8 Å². The number of rotatable bonds is 4. The smallest absolute Gasteiger partial charge is 0.275 e. The van der Waals surface area contributed by atoms with Crippen LogP contribution in [0.25, 0.3) is 0 Å². The highest BCUT2D eigenvalue weighted by atomic mass is 32.1. The fourth-order valence-electron chi connectivity index (χ4n) is 2.84. The third-order valence-corrected chi connectivity index (χ3v) is 4.39. The van der Waals surface area contributed by atoms with Crippen molar-refractivity contribution >= 4 is 17.4 Å². The predicted octanol–water partition coefficient (Wildman–Crippen LogP) is 2.53. The standard InChI is InChI=1S/C15H17N3O3S/c1-20-10-5-6-14(21-2)11(8-10)13-4-3-7-18(13)15(19)12-9-22-17-16-12/h5-6,8-9,13H,3-4,7H2,1-2H3. The van der Waals surface area contributed by atoms with Crippen LogP contribution in [0, 0.1) is 0 Å². The monoisotopic (exact) mass is 319 g/mol. The Morgan fingerprint density at radius 3 is 2.91 bits per heavy atom. The van der Waals surface area contributed by atoms with E-state index in [4.69, 9.17) is 9.47 Å². The molecule has 0 bridgehead atoms. The lowest BCUT2D eigenvalue weighted by Gasteiger charge is -2.26. The molecule has 1 aliphatic rings. The average molecular weight is 319 g/mol. The molecule has 1 aromatic carbocycles. The fraction of sp³-hybridized carbons (Fsp3) is 0.400. The predicted molar refractivity (Wildman–Crippen MR) is 82.5 cm³/mol. The van der Waals surface area contributed by atoms with Gasteiger partial charge in [0, 0.05) is 17.5 Å². The van der Waals surface area contributed by atoms with Gasteiger partial charge < -0.3 is 14.4 Å². The third-order valence-electron chi connectivity index (χ3n) is 3.89. The molecule has 1 aliphatic heterocycles. The van der Waals surface area contributed by atoms with Crippen LogP contribution < -0.4 is 9.47 Å². The first-order chi connectivity index (χ1) is 10.7. The van der Waals surface area contributed by atoms with E-state index in [-0.39, 0.29) is 11.9 Å². The summed E-state index contributed by atoms with van der Waals surface area (Å²) in [7, 11) is 3.26. The van der Waals surface area contributed by atoms with Gasteiger partial charge in [0.15, 0.2) is 5.69 Å². The summed E-state index contributed by atoms with van der Waals surface area (Å²) in [6, 6.07) is 5.64. The molecule has 116 valence electrons. The normalized spacial score (nSPS) is 17.5. The summed E-state index contributed by atoms with van der Waals surface area (Å²) in [5.74, 6) is 1.44. The SMILES string of the molecule is COc1ccc(OC)c(C2CCCN2C(=O)c2csnn2)c1. The Labute approximate surface area is 132 Å². The van der Waals surface area contributed by atoms with Crippen molar-refractivity contribution in [3.8, 4) is 11.5 Å². The van der Waals surface area contributed by atoms with E-state index >= 15 is 0 Å². The molecule has 1 amide bonds. The molecule has 0 saturated carbocycles. The molecular weight excluding hydrogens is 302 g/mol. The lowest BCUT2D eigenvalue weighted by molar-refractivity contribution is 0.0728. The minimum Gasteiger partial charge on any atom is -0.497 e. The highest BCUT2D eigenvalue weighted by Crippen LogP contribution is 2.39. The van der Waals surface area contributed by atoms with Gasteiger partial charge in [-0.1, -0.05) is 4.49 Å². The molecule has 7 heteroatoms. The first-order valence-electron chi connectivity index (χ1n) is 7.04. The largest absolute Gasteiger partial charge is 0.497 e. The van der Waals surface area contributed by atoms with Crippen LogP contribution in [0.2, 0.25) is 0 Å². The fourth-order valence-corrected chi connectivity index (χ4v) is 3.27. The second kappa shape index (κ2) is 6.31. The average Bonchev–Trinajstić information content (AvgIpc) is 3.24. The van der Waals surface area contributed by atoms with E-state index in [1.165, 1.54) is 11.5 Å². The van der Waals surface area contributed by atoms with Crippen LogP contribution >= 0.6 is 11.5 Å². The Balaban J connectivity index is 1.94. The van der Waals surface area contributed by atoms with Gasteiger partial charge in [-0.15, -0.1) is 5.10 Å². The molecule has 22 heavy (non-hydrogen) atoms. The summed E-state index contributed by atoms with van der Waals surface area (Å²) < 4.78 is 14.5. The van der Waals surface area contributed by atoms with Crippen LogP contribution in [0.1, 0.15) is 34.9 Å². The van der Waals surface area contributed by atoms with Crippen molar-refractivity contribution in [2.24, 2.45) is 0 Å². The highest BCUT2D eigenvalue weighted by molar-refractivity contribution is 7.03. The Bertz CT molecular complexity index is 660. The van der Waals surface area contributed by atoms with Crippen LogP contribution in [0.5, 0.6) is 11.5 Å². The quantitative estimate of drug-likeness (QED) is 0.866. The molecule has 1 saturated heterocycles. The van der Waals surface area contributed by atoms with E-state index in [1.807, 2.05) is 23.1 Å². The summed E-state index contributed by atoms with van der Waals surface area (Å²) in [5, 5.41) is 5.57. The zero-order valence-corrected chi connectivity index (χ0v) is 13.3. The number of carbonyl (C=O) groups is 1. The lowest BCUT2D eigenvalue weighted by atomic mass is 10.0. The number of hydrogen-bond donors (Lipinski definition) is 0. The molecule has 2 heterocycles. The summed E-state index contributed by atoms with van der Waals surface area (Å²) in [4.78, 5) is 14.4. The van der Waals surface area contributed by atoms with Gasteiger partial charge in [0.2, 0.25) is 0 Å². The third kappa shape index (κ3) is 2.64. The maximum Gasteiger partial charge on any atom is 0.275 e. The molecule has 0 radical (unpaired) electrons. The number of methoxy groups -OCH3 is 2. The topological polar surface area (TPSA) is 64.6 Å².